The van der Waals surface area contributed by atoms with Crippen molar-refractivity contribution in [1.82, 2.24) is 4.98 Å². The van der Waals surface area contributed by atoms with Crippen LogP contribution in [0.2, 0.25) is 0 Å². The summed E-state index contributed by atoms with van der Waals surface area (Å²) in [6.45, 7) is 10.9. The number of carbonyl (C=O) groups is 2. The third-order valence-corrected chi connectivity index (χ3v) is 6.82. The van der Waals surface area contributed by atoms with Gasteiger partial charge < -0.3 is 0 Å². The number of allylic oxidation sites excluding steroid dienone is 2. The number of hydrogen-bond acceptors (Lipinski definition) is 5. The third kappa shape index (κ3) is 3.56. The Morgan fingerprint density at radius 1 is 1.00 bits per heavy atom. The van der Waals surface area contributed by atoms with E-state index in [4.69, 9.17) is 5.53 Å². The van der Waals surface area contributed by atoms with Crippen LogP contribution in [0.25, 0.3) is 0 Å². The Morgan fingerprint density at radius 2 is 1.58 bits per heavy atom. The smallest absolute Gasteiger partial charge is 0.148 e. The zero-order valence-corrected chi connectivity index (χ0v) is 18.8. The lowest BCUT2D eigenvalue weighted by atomic mass is 9.67. The molecule has 1 unspecified atom stereocenters. The Kier molecular flexibility index (Phi) is 5.03. The van der Waals surface area contributed by atoms with Gasteiger partial charge in [-0.25, -0.2) is 5.53 Å². The summed E-state index contributed by atoms with van der Waals surface area (Å²) < 4.78 is 0. The summed E-state index contributed by atoms with van der Waals surface area (Å²) in [5.74, 6) is -0.761. The fourth-order valence-corrected chi connectivity index (χ4v) is 4.81. The van der Waals surface area contributed by atoms with Crippen LogP contribution >= 0.6 is 0 Å². The number of aryl methyl sites for hydroxylation is 1. The van der Waals surface area contributed by atoms with Crippen LogP contribution in [0, 0.1) is 12.5 Å². The van der Waals surface area contributed by atoms with E-state index < -0.39 is 12.0 Å². The molecule has 1 N–H and O–H groups in total. The monoisotopic (exact) mass is 415 g/mol. The number of carbonyl (C=O) groups excluding carboxylic acids is 2. The zero-order valence-electron chi connectivity index (χ0n) is 18.8. The third-order valence-electron chi connectivity index (χ3n) is 6.82. The van der Waals surface area contributed by atoms with E-state index >= 15 is 0 Å². The quantitative estimate of drug-likeness (QED) is 0.398. The van der Waals surface area contributed by atoms with Gasteiger partial charge >= 0.3 is 0 Å². The van der Waals surface area contributed by atoms with Gasteiger partial charge in [-0.05, 0) is 40.8 Å². The highest BCUT2D eigenvalue weighted by atomic mass is 16.2. The molecule has 0 saturated heterocycles. The van der Waals surface area contributed by atoms with Crippen molar-refractivity contribution in [3.63, 3.8) is 0 Å². The average Bonchev–Trinajstić information content (AvgIpc) is 3.06. The molecule has 1 heterocycles. The SMILES string of the molecule is Cc1cc2c(cc1C(N=N)c1ccc(C3C(=O)CCC3=O)cn1)C(C)(C)C=CC2(C)C. The van der Waals surface area contributed by atoms with E-state index in [0.29, 0.717) is 24.1 Å². The maximum absolute atomic E-state index is 12.1. The first kappa shape index (κ1) is 21.3. The van der Waals surface area contributed by atoms with E-state index in [2.05, 4.69) is 69.0 Å². The average molecular weight is 416 g/mol. The minimum Gasteiger partial charge on any atom is -0.299 e. The Bertz CT molecular complexity index is 1090. The maximum atomic E-state index is 12.1. The topological polar surface area (TPSA) is 83.2 Å². The molecule has 1 saturated carbocycles. The molecule has 1 atom stereocenters. The fraction of sp³-hybridized carbons (Fsp3) is 0.423. The van der Waals surface area contributed by atoms with E-state index in [1.807, 2.05) is 0 Å². The molecular weight excluding hydrogens is 386 g/mol. The molecule has 31 heavy (non-hydrogen) atoms. The molecule has 1 fully saturated rings. The highest BCUT2D eigenvalue weighted by Crippen LogP contribution is 2.44. The van der Waals surface area contributed by atoms with Crippen molar-refractivity contribution in [3.8, 4) is 0 Å². The van der Waals surface area contributed by atoms with Crippen molar-refractivity contribution in [2.45, 2.75) is 70.3 Å². The van der Waals surface area contributed by atoms with Gasteiger partial charge in [0.05, 0.1) is 5.69 Å². The number of ketones is 2. The molecule has 4 rings (SSSR count). The highest BCUT2D eigenvalue weighted by molar-refractivity contribution is 6.13. The Morgan fingerprint density at radius 3 is 2.10 bits per heavy atom. The van der Waals surface area contributed by atoms with Crippen molar-refractivity contribution in [3.05, 3.63) is 76.1 Å². The standard InChI is InChI=1S/C26H29N3O2/c1-15-12-18-19(26(4,5)11-10-25(18,2)3)13-17(15)24(29-27)20-7-6-16(14-28-20)23-21(30)8-9-22(23)31/h6-7,10-14,23-24,27H,8-9H2,1-5H3. The first-order chi connectivity index (χ1) is 14.5. The molecule has 5 heteroatoms. The summed E-state index contributed by atoms with van der Waals surface area (Å²) in [5.41, 5.74) is 13.6. The zero-order chi connectivity index (χ0) is 22.6. The van der Waals surface area contributed by atoms with Gasteiger partial charge in [-0.2, -0.15) is 5.11 Å². The minimum atomic E-state index is -0.687. The number of nitrogens with zero attached hydrogens (tertiary/aromatic N) is 2. The predicted octanol–water partition coefficient (Wildman–Crippen LogP) is 5.65. The van der Waals surface area contributed by atoms with Gasteiger partial charge in [0.2, 0.25) is 0 Å². The molecule has 0 spiro atoms. The fourth-order valence-electron chi connectivity index (χ4n) is 4.81. The highest BCUT2D eigenvalue weighted by Gasteiger charge is 2.36. The molecule has 0 radical (unpaired) electrons. The van der Waals surface area contributed by atoms with Gasteiger partial charge in [-0.3, -0.25) is 14.6 Å². The van der Waals surface area contributed by atoms with Gasteiger partial charge in [-0.15, -0.1) is 0 Å². The van der Waals surface area contributed by atoms with Crippen molar-refractivity contribution in [2.75, 3.05) is 0 Å². The van der Waals surface area contributed by atoms with Gasteiger partial charge in [0.1, 0.15) is 23.5 Å². The van der Waals surface area contributed by atoms with Crippen molar-refractivity contribution in [2.24, 2.45) is 5.11 Å². The van der Waals surface area contributed by atoms with E-state index in [1.165, 1.54) is 11.1 Å². The van der Waals surface area contributed by atoms with E-state index in [0.717, 1.165) is 11.1 Å². The summed E-state index contributed by atoms with van der Waals surface area (Å²) in [6, 6.07) is 7.45. The summed E-state index contributed by atoms with van der Waals surface area (Å²) in [7, 11) is 0. The van der Waals surface area contributed by atoms with E-state index in [1.54, 1.807) is 18.3 Å². The lowest BCUT2D eigenvalue weighted by molar-refractivity contribution is -0.123. The van der Waals surface area contributed by atoms with Crippen LogP contribution < -0.4 is 0 Å². The van der Waals surface area contributed by atoms with Crippen LogP contribution in [-0.4, -0.2) is 16.6 Å². The second kappa shape index (κ2) is 7.33. The molecule has 160 valence electrons. The molecule has 0 amide bonds. The number of pyridine rings is 1. The molecule has 2 aromatic rings. The molecule has 0 aliphatic heterocycles. The van der Waals surface area contributed by atoms with Crippen LogP contribution in [0.5, 0.6) is 0 Å². The van der Waals surface area contributed by atoms with E-state index in [-0.39, 0.29) is 22.4 Å². The molecule has 5 nitrogen and oxygen atoms in total. The van der Waals surface area contributed by atoms with Crippen LogP contribution in [0.1, 0.15) is 86.0 Å². The number of benzene rings is 1. The number of fused-ring (bicyclic) bond motifs is 1. The Hall–Kier alpha value is -2.95. The molecule has 2 aliphatic rings. The number of aromatic nitrogens is 1. The maximum Gasteiger partial charge on any atom is 0.148 e. The van der Waals surface area contributed by atoms with Crippen molar-refractivity contribution in [1.29, 1.82) is 5.53 Å². The van der Waals surface area contributed by atoms with Crippen molar-refractivity contribution < 1.29 is 9.59 Å². The second-order valence-electron chi connectivity index (χ2n) is 9.94. The van der Waals surface area contributed by atoms with Crippen LogP contribution in [0.15, 0.2) is 47.7 Å². The molecule has 2 aliphatic carbocycles. The molecular formula is C26H29N3O2. The lowest BCUT2D eigenvalue weighted by Crippen LogP contribution is -2.29. The van der Waals surface area contributed by atoms with Gasteiger partial charge in [-0.1, -0.05) is 58.0 Å². The number of hydrogen-bond donors (Lipinski definition) is 1. The first-order valence-corrected chi connectivity index (χ1v) is 10.8. The predicted molar refractivity (Wildman–Crippen MR) is 120 cm³/mol. The van der Waals surface area contributed by atoms with Gasteiger partial charge in [0, 0.05) is 29.9 Å². The number of nitrogens with one attached hydrogen (secondary N) is 1. The van der Waals surface area contributed by atoms with Crippen LogP contribution in [-0.2, 0) is 20.4 Å². The van der Waals surface area contributed by atoms with Gasteiger partial charge in [0.25, 0.3) is 0 Å². The van der Waals surface area contributed by atoms with E-state index in [9.17, 15) is 9.59 Å². The Balaban J connectivity index is 1.75. The number of Topliss-reactive ketones (excluding diaryl/α,β-unsaturated/α-hetero) is 2. The summed E-state index contributed by atoms with van der Waals surface area (Å²) in [6.07, 6.45) is 6.75. The number of rotatable bonds is 4. The first-order valence-electron chi connectivity index (χ1n) is 10.8. The normalized spacial score (nSPS) is 20.5. The lowest BCUT2D eigenvalue weighted by Gasteiger charge is -2.38. The summed E-state index contributed by atoms with van der Waals surface area (Å²) in [5, 5.41) is 3.92. The molecule has 1 aromatic carbocycles. The Labute approximate surface area is 183 Å². The van der Waals surface area contributed by atoms with Crippen LogP contribution in [0.3, 0.4) is 0 Å². The largest absolute Gasteiger partial charge is 0.299 e. The second-order valence-corrected chi connectivity index (χ2v) is 9.94. The summed E-state index contributed by atoms with van der Waals surface area (Å²) in [4.78, 5) is 28.7. The van der Waals surface area contributed by atoms with Crippen molar-refractivity contribution >= 4 is 11.6 Å². The minimum absolute atomic E-state index is 0.0373. The molecule has 0 bridgehead atoms. The van der Waals surface area contributed by atoms with Crippen LogP contribution in [0.4, 0.5) is 0 Å². The molecule has 1 aromatic heterocycles. The van der Waals surface area contributed by atoms with Gasteiger partial charge in [0.15, 0.2) is 0 Å². The summed E-state index contributed by atoms with van der Waals surface area (Å²) >= 11 is 0.